The van der Waals surface area contributed by atoms with Crippen LogP contribution in [0.15, 0.2) is 30.6 Å². The number of amides is 2. The zero-order chi connectivity index (χ0) is 28.5. The molecule has 210 valence electrons. The molecular formula is C24H24F6N6O3. The average Bonchev–Trinajstić information content (AvgIpc) is 3.36. The number of likely N-dealkylation sites (N-methyl/N-ethyl adjacent to an activating group) is 1. The number of rotatable bonds is 6. The average molecular weight is 558 g/mol. The van der Waals surface area contributed by atoms with E-state index in [4.69, 9.17) is 10.5 Å². The Kier molecular flexibility index (Phi) is 7.73. The summed E-state index contributed by atoms with van der Waals surface area (Å²) in [4.78, 5) is 30.5. The molecule has 9 nitrogen and oxygen atoms in total. The summed E-state index contributed by atoms with van der Waals surface area (Å²) in [5, 5.41) is 7.26. The predicted octanol–water partition coefficient (Wildman–Crippen LogP) is 4.49. The molecule has 2 amide bonds. The third-order valence-corrected chi connectivity index (χ3v) is 6.29. The number of hydrogen-bond donors (Lipinski definition) is 2. The van der Waals surface area contributed by atoms with Gasteiger partial charge in [-0.15, -0.1) is 0 Å². The molecule has 0 bridgehead atoms. The number of fused-ring (bicyclic) bond motifs is 1. The van der Waals surface area contributed by atoms with Crippen LogP contribution in [-0.4, -0.2) is 50.8 Å². The molecule has 4 rings (SSSR count). The van der Waals surface area contributed by atoms with Gasteiger partial charge in [0.2, 0.25) is 0 Å². The highest BCUT2D eigenvalue weighted by atomic mass is 19.4. The minimum atomic E-state index is -5.91. The van der Waals surface area contributed by atoms with Crippen molar-refractivity contribution in [3.05, 3.63) is 47.5 Å². The number of nitrogens with one attached hydrogen (secondary N) is 1. The van der Waals surface area contributed by atoms with E-state index in [0.717, 1.165) is 24.2 Å². The zero-order valence-electron chi connectivity index (χ0n) is 20.6. The van der Waals surface area contributed by atoms with Gasteiger partial charge in [-0.1, -0.05) is 12.1 Å². The third kappa shape index (κ3) is 5.62. The van der Waals surface area contributed by atoms with Gasteiger partial charge in [-0.05, 0) is 32.3 Å². The standard InChI is InChI=1S/C24H24F6N6O3/c1-2-35(11-13-6-7-14(9-16(13)25)23(26,27)24(28,29)30)22(38)21(37)33-17-10-32-20(31)15-12-36(34-19(15)17)18-5-3-4-8-39-18/h6-7,9-10,12,18H,2-5,8,11H2,1H3,(H2,31,32)(H,33,37). The lowest BCUT2D eigenvalue weighted by Crippen LogP contribution is -2.39. The van der Waals surface area contributed by atoms with Crippen molar-refractivity contribution in [2.75, 3.05) is 24.2 Å². The van der Waals surface area contributed by atoms with Crippen molar-refractivity contribution in [3.8, 4) is 0 Å². The van der Waals surface area contributed by atoms with Crippen LogP contribution in [0.25, 0.3) is 10.9 Å². The number of carbonyl (C=O) groups is 2. The van der Waals surface area contributed by atoms with Crippen LogP contribution < -0.4 is 11.1 Å². The Balaban J connectivity index is 1.51. The highest BCUT2D eigenvalue weighted by Crippen LogP contribution is 2.44. The van der Waals surface area contributed by atoms with E-state index >= 15 is 0 Å². The molecule has 1 aromatic carbocycles. The van der Waals surface area contributed by atoms with Gasteiger partial charge in [0.15, 0.2) is 0 Å². The molecule has 1 fully saturated rings. The maximum Gasteiger partial charge on any atom is 0.458 e. The first-order valence-corrected chi connectivity index (χ1v) is 11.9. The van der Waals surface area contributed by atoms with E-state index in [1.807, 2.05) is 0 Å². The normalized spacial score (nSPS) is 16.3. The van der Waals surface area contributed by atoms with Crippen LogP contribution in [0.1, 0.15) is 43.5 Å². The molecular weight excluding hydrogens is 534 g/mol. The summed E-state index contributed by atoms with van der Waals surface area (Å²) in [5.41, 5.74) is 4.35. The summed E-state index contributed by atoms with van der Waals surface area (Å²) in [6, 6.07) is 1.20. The Morgan fingerprint density at radius 1 is 1.23 bits per heavy atom. The first-order chi connectivity index (χ1) is 18.3. The Hall–Kier alpha value is -3.88. The second kappa shape index (κ2) is 10.7. The maximum absolute atomic E-state index is 14.5. The van der Waals surface area contributed by atoms with Crippen molar-refractivity contribution in [2.24, 2.45) is 0 Å². The molecule has 1 aliphatic heterocycles. The monoisotopic (exact) mass is 558 g/mol. The summed E-state index contributed by atoms with van der Waals surface area (Å²) in [6.45, 7) is 1.38. The van der Waals surface area contributed by atoms with Gasteiger partial charge in [-0.3, -0.25) is 9.59 Å². The molecule has 0 saturated carbocycles. The second-order valence-corrected chi connectivity index (χ2v) is 8.90. The lowest BCUT2D eigenvalue weighted by atomic mass is 10.0. The zero-order valence-corrected chi connectivity index (χ0v) is 20.6. The quantitative estimate of drug-likeness (QED) is 0.340. The molecule has 3 N–H and O–H groups in total. The van der Waals surface area contributed by atoms with Gasteiger partial charge >= 0.3 is 23.9 Å². The number of carbonyl (C=O) groups excluding carboxylic acids is 2. The van der Waals surface area contributed by atoms with Gasteiger partial charge in [0.1, 0.15) is 23.4 Å². The molecule has 1 aliphatic rings. The number of ether oxygens (including phenoxy) is 1. The molecule has 3 aromatic rings. The minimum absolute atomic E-state index is 0.0599. The number of nitrogen functional groups attached to an aromatic ring is 1. The molecule has 0 aliphatic carbocycles. The van der Waals surface area contributed by atoms with Crippen LogP contribution in [0.3, 0.4) is 0 Å². The fourth-order valence-electron chi connectivity index (χ4n) is 4.10. The largest absolute Gasteiger partial charge is 0.458 e. The van der Waals surface area contributed by atoms with E-state index in [1.165, 1.54) is 13.1 Å². The molecule has 2 aromatic heterocycles. The van der Waals surface area contributed by atoms with Gasteiger partial charge in [0.25, 0.3) is 0 Å². The van der Waals surface area contributed by atoms with Crippen molar-refractivity contribution < 1.29 is 40.7 Å². The minimum Gasteiger partial charge on any atom is -0.383 e. The van der Waals surface area contributed by atoms with E-state index in [-0.39, 0.29) is 41.4 Å². The number of hydrogen-bond acceptors (Lipinski definition) is 6. The van der Waals surface area contributed by atoms with Crippen LogP contribution in [0.4, 0.5) is 37.8 Å². The fourth-order valence-corrected chi connectivity index (χ4v) is 4.10. The van der Waals surface area contributed by atoms with Gasteiger partial charge in [0.05, 0.1) is 17.3 Å². The van der Waals surface area contributed by atoms with Crippen LogP contribution >= 0.6 is 0 Å². The van der Waals surface area contributed by atoms with Crippen LogP contribution in [0, 0.1) is 5.82 Å². The number of nitrogens with two attached hydrogens (primary N) is 1. The predicted molar refractivity (Wildman–Crippen MR) is 127 cm³/mol. The van der Waals surface area contributed by atoms with Gasteiger partial charge < -0.3 is 20.7 Å². The lowest BCUT2D eigenvalue weighted by molar-refractivity contribution is -0.289. The Morgan fingerprint density at radius 3 is 2.59 bits per heavy atom. The Morgan fingerprint density at radius 2 is 1.97 bits per heavy atom. The summed E-state index contributed by atoms with van der Waals surface area (Å²) >= 11 is 0. The first kappa shape index (κ1) is 28.1. The number of nitrogens with zero attached hydrogens (tertiary/aromatic N) is 4. The molecule has 1 atom stereocenters. The number of benzene rings is 1. The van der Waals surface area contributed by atoms with Gasteiger partial charge in [-0.2, -0.15) is 27.1 Å². The summed E-state index contributed by atoms with van der Waals surface area (Å²) in [5.74, 6) is -8.75. The summed E-state index contributed by atoms with van der Waals surface area (Å²) < 4.78 is 86.7. The molecule has 0 radical (unpaired) electrons. The second-order valence-electron chi connectivity index (χ2n) is 8.90. The molecule has 39 heavy (non-hydrogen) atoms. The summed E-state index contributed by atoms with van der Waals surface area (Å²) in [6.07, 6.45) is -0.816. The van der Waals surface area contributed by atoms with E-state index < -0.39 is 41.8 Å². The van der Waals surface area contributed by atoms with Gasteiger partial charge in [-0.25, -0.2) is 14.1 Å². The molecule has 0 spiro atoms. The number of anilines is 2. The van der Waals surface area contributed by atoms with Crippen LogP contribution in [-0.2, 0) is 26.8 Å². The number of aromatic nitrogens is 3. The van der Waals surface area contributed by atoms with E-state index in [0.29, 0.717) is 24.1 Å². The highest BCUT2D eigenvalue weighted by Gasteiger charge is 2.58. The topological polar surface area (TPSA) is 115 Å². The fraction of sp³-hybridized carbons (Fsp3) is 0.417. The SMILES string of the molecule is CCN(Cc1ccc(C(F)(F)C(F)(F)F)cc1F)C(=O)C(=O)Nc1cnc(N)c2cn(C3CCCCO3)nc12. The van der Waals surface area contributed by atoms with Crippen LogP contribution in [0.5, 0.6) is 0 Å². The van der Waals surface area contributed by atoms with Crippen molar-refractivity contribution in [1.82, 2.24) is 19.7 Å². The number of halogens is 6. The van der Waals surface area contributed by atoms with Crippen molar-refractivity contribution in [2.45, 2.75) is 51.1 Å². The Bertz CT molecular complexity index is 1390. The first-order valence-electron chi connectivity index (χ1n) is 11.9. The summed E-state index contributed by atoms with van der Waals surface area (Å²) in [7, 11) is 0. The van der Waals surface area contributed by atoms with Gasteiger partial charge in [0, 0.05) is 37.0 Å². The highest BCUT2D eigenvalue weighted by molar-refractivity contribution is 6.40. The Labute approximate surface area is 217 Å². The van der Waals surface area contributed by atoms with Crippen molar-refractivity contribution in [3.63, 3.8) is 0 Å². The number of alkyl halides is 5. The number of pyridine rings is 1. The van der Waals surface area contributed by atoms with Crippen molar-refractivity contribution in [1.29, 1.82) is 0 Å². The molecule has 15 heteroatoms. The molecule has 1 saturated heterocycles. The van der Waals surface area contributed by atoms with E-state index in [9.17, 15) is 35.9 Å². The van der Waals surface area contributed by atoms with Crippen molar-refractivity contribution >= 4 is 34.2 Å². The third-order valence-electron chi connectivity index (χ3n) is 6.29. The maximum atomic E-state index is 14.5. The van der Waals surface area contributed by atoms with E-state index in [2.05, 4.69) is 15.4 Å². The van der Waals surface area contributed by atoms with Crippen LogP contribution in [0.2, 0.25) is 0 Å². The van der Waals surface area contributed by atoms with E-state index in [1.54, 1.807) is 10.9 Å². The molecule has 1 unspecified atom stereocenters. The lowest BCUT2D eigenvalue weighted by Gasteiger charge is -2.23. The molecule has 3 heterocycles. The smallest absolute Gasteiger partial charge is 0.383 e.